The maximum absolute atomic E-state index is 12.5. The van der Waals surface area contributed by atoms with E-state index in [0.717, 1.165) is 32.2 Å². The number of nitrogens with zero attached hydrogens (tertiary/aromatic N) is 1. The topological polar surface area (TPSA) is 162 Å². The number of amides is 2. The second-order valence-electron chi connectivity index (χ2n) is 9.52. The number of aliphatic hydroxyl groups excluding tert-OH is 1. The lowest BCUT2D eigenvalue weighted by Crippen LogP contribution is -2.43. The molecule has 232 valence electrons. The minimum Gasteiger partial charge on any atom is -0.505 e. The predicted octanol–water partition coefficient (Wildman–Crippen LogP) is 5.63. The standard InChI is InChI=1S/C15H18N2O3.C14H20N2O2.2C2H6/c16-12-8-4-7-11(14(12)19)15(20)17-13(9-18)10-5-2-1-3-6-10;1-2-10-6-3-4-9-16(10)14(18)11-7-5-8-12(15)13(11)17;2*1-2/h1-5,7-8,10,13,18-19H,6,9,16H2,(H,17,20);5,7-8,10,17H,2-4,6,9,15H2,1H3;2*1-2H3. The fraction of sp³-hybridized carbons (Fsp3) is 0.455. The van der Waals surface area contributed by atoms with Crippen molar-refractivity contribution < 1.29 is 24.9 Å². The molecule has 0 bridgehead atoms. The van der Waals surface area contributed by atoms with Crippen molar-refractivity contribution in [2.24, 2.45) is 5.92 Å². The van der Waals surface area contributed by atoms with Crippen LogP contribution in [0.5, 0.6) is 11.5 Å². The van der Waals surface area contributed by atoms with Crippen LogP contribution >= 0.6 is 0 Å². The van der Waals surface area contributed by atoms with E-state index in [1.54, 1.807) is 24.3 Å². The number of carbonyl (C=O) groups excluding carboxylic acids is 2. The molecule has 42 heavy (non-hydrogen) atoms. The summed E-state index contributed by atoms with van der Waals surface area (Å²) in [7, 11) is 0. The first-order chi connectivity index (χ1) is 20.3. The molecule has 1 fully saturated rings. The zero-order valence-electron chi connectivity index (χ0n) is 25.7. The van der Waals surface area contributed by atoms with E-state index in [9.17, 15) is 24.9 Å². The number of hydrogen-bond donors (Lipinski definition) is 6. The van der Waals surface area contributed by atoms with E-state index >= 15 is 0 Å². The molecule has 0 radical (unpaired) electrons. The molecule has 8 N–H and O–H groups in total. The highest BCUT2D eigenvalue weighted by molar-refractivity contribution is 5.99. The zero-order chi connectivity index (χ0) is 31.7. The Morgan fingerprint density at radius 3 is 2.10 bits per heavy atom. The number of carbonyl (C=O) groups is 2. The highest BCUT2D eigenvalue weighted by Crippen LogP contribution is 2.29. The minimum absolute atomic E-state index is 0.0390. The number of likely N-dealkylation sites (tertiary alicyclic amines) is 1. The molecule has 2 aromatic carbocycles. The summed E-state index contributed by atoms with van der Waals surface area (Å²) < 4.78 is 0. The Bertz CT molecular complexity index is 1180. The number of anilines is 2. The third kappa shape index (κ3) is 9.83. The van der Waals surface area contributed by atoms with Crippen LogP contribution < -0.4 is 16.8 Å². The molecule has 1 aliphatic carbocycles. The zero-order valence-corrected chi connectivity index (χ0v) is 25.7. The lowest BCUT2D eigenvalue weighted by Gasteiger charge is -2.35. The van der Waals surface area contributed by atoms with Gasteiger partial charge in [-0.15, -0.1) is 0 Å². The summed E-state index contributed by atoms with van der Waals surface area (Å²) in [6.45, 7) is 10.7. The molecule has 0 spiro atoms. The number of phenols is 2. The molecule has 3 unspecified atom stereocenters. The van der Waals surface area contributed by atoms with Gasteiger partial charge in [-0.05, 0) is 56.4 Å². The summed E-state index contributed by atoms with van der Waals surface area (Å²) in [5.41, 5.74) is 12.0. The maximum atomic E-state index is 12.5. The number of rotatable bonds is 6. The number of hydrogen-bond acceptors (Lipinski definition) is 7. The van der Waals surface area contributed by atoms with Gasteiger partial charge in [0, 0.05) is 18.5 Å². The SMILES string of the molecule is CC.CC.CCC1CCCCN1C(=O)c1cccc(N)c1O.Nc1cccc(C(=O)NC(CO)C2C=CC=CC2)c1O. The van der Waals surface area contributed by atoms with Crippen LogP contribution in [0.15, 0.2) is 60.7 Å². The fourth-order valence-electron chi connectivity index (χ4n) is 4.76. The largest absolute Gasteiger partial charge is 0.505 e. The minimum atomic E-state index is -0.447. The highest BCUT2D eigenvalue weighted by atomic mass is 16.3. The average molecular weight is 583 g/mol. The summed E-state index contributed by atoms with van der Waals surface area (Å²) in [5.74, 6) is -0.844. The fourth-order valence-corrected chi connectivity index (χ4v) is 4.76. The third-order valence-corrected chi connectivity index (χ3v) is 7.01. The third-order valence-electron chi connectivity index (χ3n) is 7.01. The van der Waals surface area contributed by atoms with Gasteiger partial charge in [0.2, 0.25) is 0 Å². The molecule has 2 amide bonds. The molecule has 0 aromatic heterocycles. The molecule has 1 heterocycles. The molecule has 0 saturated carbocycles. The molecular formula is C33H50N4O5. The number of allylic oxidation sites excluding steroid dienone is 3. The number of aliphatic hydroxyl groups is 1. The van der Waals surface area contributed by atoms with E-state index in [0.29, 0.717) is 5.56 Å². The van der Waals surface area contributed by atoms with Crippen LogP contribution in [-0.4, -0.2) is 57.3 Å². The Balaban J connectivity index is 0.000000377. The van der Waals surface area contributed by atoms with Crippen molar-refractivity contribution in [3.63, 3.8) is 0 Å². The quantitative estimate of drug-likeness (QED) is 0.190. The summed E-state index contributed by atoms with van der Waals surface area (Å²) in [4.78, 5) is 26.5. The van der Waals surface area contributed by atoms with Crippen LogP contribution in [0.2, 0.25) is 0 Å². The Kier molecular flexibility index (Phi) is 16.5. The number of para-hydroxylation sites is 2. The van der Waals surface area contributed by atoms with Crippen LogP contribution in [0.1, 0.15) is 87.4 Å². The van der Waals surface area contributed by atoms with Crippen LogP contribution in [0.3, 0.4) is 0 Å². The first-order valence-corrected chi connectivity index (χ1v) is 15.0. The Hall–Kier alpha value is -3.98. The van der Waals surface area contributed by atoms with Crippen LogP contribution in [0, 0.1) is 5.92 Å². The summed E-state index contributed by atoms with van der Waals surface area (Å²) in [6, 6.07) is 9.43. The van der Waals surface area contributed by atoms with Crippen LogP contribution in [0.25, 0.3) is 0 Å². The van der Waals surface area contributed by atoms with Crippen molar-refractivity contribution in [1.29, 1.82) is 0 Å². The lowest BCUT2D eigenvalue weighted by molar-refractivity contribution is 0.0605. The highest BCUT2D eigenvalue weighted by Gasteiger charge is 2.28. The number of nitrogen functional groups attached to an aromatic ring is 2. The number of piperidine rings is 1. The van der Waals surface area contributed by atoms with E-state index in [2.05, 4.69) is 12.2 Å². The van der Waals surface area contributed by atoms with Gasteiger partial charge in [0.1, 0.15) is 0 Å². The van der Waals surface area contributed by atoms with E-state index in [4.69, 9.17) is 11.5 Å². The molecule has 9 heteroatoms. The molecule has 1 saturated heterocycles. The first-order valence-electron chi connectivity index (χ1n) is 15.0. The van der Waals surface area contributed by atoms with Crippen molar-refractivity contribution >= 4 is 23.2 Å². The smallest absolute Gasteiger partial charge is 0.257 e. The second kappa shape index (κ2) is 19.2. The molecule has 9 nitrogen and oxygen atoms in total. The lowest BCUT2D eigenvalue weighted by atomic mass is 9.93. The normalized spacial score (nSPS) is 17.7. The Morgan fingerprint density at radius 1 is 0.952 bits per heavy atom. The predicted molar refractivity (Wildman–Crippen MR) is 171 cm³/mol. The number of aromatic hydroxyl groups is 2. The Labute approximate surface area is 250 Å². The number of benzene rings is 2. The van der Waals surface area contributed by atoms with E-state index in [1.807, 2.05) is 56.9 Å². The van der Waals surface area contributed by atoms with Crippen LogP contribution in [-0.2, 0) is 0 Å². The number of phenolic OH excluding ortho intramolecular Hbond substituents is 2. The second-order valence-corrected chi connectivity index (χ2v) is 9.52. The monoisotopic (exact) mass is 582 g/mol. The van der Waals surface area contributed by atoms with E-state index < -0.39 is 11.9 Å². The van der Waals surface area contributed by atoms with E-state index in [-0.39, 0.29) is 52.9 Å². The number of nitrogens with one attached hydrogen (secondary N) is 1. The maximum Gasteiger partial charge on any atom is 0.257 e. The molecule has 1 aliphatic heterocycles. The van der Waals surface area contributed by atoms with Gasteiger partial charge in [-0.2, -0.15) is 0 Å². The number of nitrogens with two attached hydrogens (primary N) is 2. The average Bonchev–Trinajstić information content (AvgIpc) is 3.04. The molecule has 3 atom stereocenters. The summed E-state index contributed by atoms with van der Waals surface area (Å²) in [6.07, 6.45) is 12.7. The Morgan fingerprint density at radius 2 is 1.55 bits per heavy atom. The molecule has 4 rings (SSSR count). The molecule has 2 aliphatic rings. The van der Waals surface area contributed by atoms with Gasteiger partial charge in [0.05, 0.1) is 35.2 Å². The summed E-state index contributed by atoms with van der Waals surface area (Å²) in [5, 5.41) is 31.8. The first kappa shape index (κ1) is 36.0. The van der Waals surface area contributed by atoms with Gasteiger partial charge in [-0.25, -0.2) is 0 Å². The van der Waals surface area contributed by atoms with Crippen molar-refractivity contribution in [2.45, 2.75) is 78.8 Å². The van der Waals surface area contributed by atoms with Gasteiger partial charge in [0.15, 0.2) is 11.5 Å². The summed E-state index contributed by atoms with van der Waals surface area (Å²) >= 11 is 0. The molecular weight excluding hydrogens is 532 g/mol. The van der Waals surface area contributed by atoms with Crippen LogP contribution in [0.4, 0.5) is 11.4 Å². The van der Waals surface area contributed by atoms with Gasteiger partial charge >= 0.3 is 0 Å². The molecule has 2 aromatic rings. The van der Waals surface area contributed by atoms with Gasteiger partial charge in [0.25, 0.3) is 11.8 Å². The van der Waals surface area contributed by atoms with Gasteiger partial charge in [-0.1, -0.05) is 71.1 Å². The van der Waals surface area contributed by atoms with E-state index in [1.165, 1.54) is 18.6 Å². The van der Waals surface area contributed by atoms with Crippen molar-refractivity contribution in [2.75, 3.05) is 24.6 Å². The van der Waals surface area contributed by atoms with Gasteiger partial charge in [-0.3, -0.25) is 9.59 Å². The van der Waals surface area contributed by atoms with Crippen molar-refractivity contribution in [3.8, 4) is 11.5 Å². The van der Waals surface area contributed by atoms with Crippen molar-refractivity contribution in [3.05, 3.63) is 71.8 Å². The van der Waals surface area contributed by atoms with Crippen molar-refractivity contribution in [1.82, 2.24) is 10.2 Å². The van der Waals surface area contributed by atoms with Gasteiger partial charge < -0.3 is 37.0 Å².